The minimum Gasteiger partial charge on any atom is -0.504 e. The van der Waals surface area contributed by atoms with E-state index >= 15 is 0 Å². The molecule has 3 N–H and O–H groups in total. The molecule has 1 aromatic carbocycles. The number of nitrogens with one attached hydrogen (secondary N) is 1. The van der Waals surface area contributed by atoms with Gasteiger partial charge in [-0.25, -0.2) is 0 Å². The van der Waals surface area contributed by atoms with E-state index in [0.717, 1.165) is 19.4 Å². The van der Waals surface area contributed by atoms with Gasteiger partial charge in [0.1, 0.15) is 0 Å². The van der Waals surface area contributed by atoms with Crippen molar-refractivity contribution in [1.82, 2.24) is 5.32 Å². The van der Waals surface area contributed by atoms with Gasteiger partial charge in [0.15, 0.2) is 11.5 Å². The van der Waals surface area contributed by atoms with Crippen LogP contribution >= 0.6 is 11.3 Å². The fourth-order valence-corrected chi connectivity index (χ4v) is 5.25. The Bertz CT molecular complexity index is 737. The first-order valence-electron chi connectivity index (χ1n) is 8.57. The zero-order valence-electron chi connectivity index (χ0n) is 13.4. The number of thiophene rings is 1. The van der Waals surface area contributed by atoms with Crippen LogP contribution in [0.5, 0.6) is 11.5 Å². The highest BCUT2D eigenvalue weighted by molar-refractivity contribution is 7.12. The van der Waals surface area contributed by atoms with Crippen LogP contribution in [0.3, 0.4) is 0 Å². The number of phenolic OH excluding ortho intramolecular Hbond substituents is 2. The van der Waals surface area contributed by atoms with E-state index in [9.17, 15) is 10.2 Å². The van der Waals surface area contributed by atoms with E-state index in [2.05, 4.69) is 18.3 Å². The average Bonchev–Trinajstić information content (AvgIpc) is 2.96. The van der Waals surface area contributed by atoms with Crippen LogP contribution in [0.25, 0.3) is 0 Å². The lowest BCUT2D eigenvalue weighted by Crippen LogP contribution is -2.41. The molecule has 23 heavy (non-hydrogen) atoms. The lowest BCUT2D eigenvalue weighted by Gasteiger charge is -2.38. The molecule has 2 heterocycles. The lowest BCUT2D eigenvalue weighted by atomic mass is 9.74. The van der Waals surface area contributed by atoms with Crippen LogP contribution in [0.2, 0.25) is 0 Å². The van der Waals surface area contributed by atoms with Crippen LogP contribution in [0.15, 0.2) is 18.2 Å². The maximum absolute atomic E-state index is 9.97. The second-order valence-corrected chi connectivity index (χ2v) is 7.96. The Hall–Kier alpha value is -1.52. The van der Waals surface area contributed by atoms with Crippen molar-refractivity contribution in [2.75, 3.05) is 0 Å². The van der Waals surface area contributed by atoms with E-state index in [4.69, 9.17) is 0 Å². The molecule has 3 nitrogen and oxygen atoms in total. The number of hydrogen-bond donors (Lipinski definition) is 3. The number of unbranched alkanes of at least 4 members (excludes halogenated alkanes) is 1. The van der Waals surface area contributed by atoms with E-state index in [-0.39, 0.29) is 11.5 Å². The van der Waals surface area contributed by atoms with Gasteiger partial charge in [-0.3, -0.25) is 0 Å². The third-order valence-electron chi connectivity index (χ3n) is 5.23. The maximum atomic E-state index is 9.97. The average molecular weight is 329 g/mol. The minimum absolute atomic E-state index is 0.000135. The van der Waals surface area contributed by atoms with E-state index in [1.165, 1.54) is 45.7 Å². The third-order valence-corrected chi connectivity index (χ3v) is 6.44. The van der Waals surface area contributed by atoms with E-state index in [1.54, 1.807) is 12.1 Å². The van der Waals surface area contributed by atoms with E-state index < -0.39 is 0 Å². The molecular weight excluding hydrogens is 306 g/mol. The molecule has 0 fully saturated rings. The number of hydrogen-bond acceptors (Lipinski definition) is 4. The predicted octanol–water partition coefficient (Wildman–Crippen LogP) is 4.05. The molecule has 0 radical (unpaired) electrons. The predicted molar refractivity (Wildman–Crippen MR) is 93.5 cm³/mol. The van der Waals surface area contributed by atoms with Crippen molar-refractivity contribution in [3.63, 3.8) is 0 Å². The Balaban J connectivity index is 1.77. The van der Waals surface area contributed by atoms with Crippen molar-refractivity contribution in [3.05, 3.63) is 44.6 Å². The van der Waals surface area contributed by atoms with Gasteiger partial charge in [0, 0.05) is 28.3 Å². The highest BCUT2D eigenvalue weighted by atomic mass is 32.1. The topological polar surface area (TPSA) is 52.5 Å². The molecule has 0 unspecified atom stereocenters. The molecule has 1 aliphatic heterocycles. The number of aryl methyl sites for hydroxylation is 2. The van der Waals surface area contributed by atoms with Gasteiger partial charge in [-0.15, -0.1) is 11.3 Å². The largest absolute Gasteiger partial charge is 0.504 e. The number of phenols is 2. The van der Waals surface area contributed by atoms with Crippen LogP contribution in [0.4, 0.5) is 0 Å². The van der Waals surface area contributed by atoms with Gasteiger partial charge in [0.2, 0.25) is 0 Å². The van der Waals surface area contributed by atoms with Crippen LogP contribution in [-0.2, 0) is 19.4 Å². The molecule has 0 amide bonds. The summed E-state index contributed by atoms with van der Waals surface area (Å²) in [7, 11) is 0. The summed E-state index contributed by atoms with van der Waals surface area (Å²) in [6.45, 7) is 3.20. The van der Waals surface area contributed by atoms with Crippen LogP contribution < -0.4 is 5.32 Å². The van der Waals surface area contributed by atoms with Crippen molar-refractivity contribution >= 4 is 11.3 Å². The molecule has 0 spiro atoms. The fourth-order valence-electron chi connectivity index (χ4n) is 4.04. The Labute approximate surface area is 141 Å². The molecule has 2 aromatic rings. The molecular formula is C19H23NO2S. The minimum atomic E-state index is -0.00189. The van der Waals surface area contributed by atoms with E-state index in [1.807, 2.05) is 11.3 Å². The quantitative estimate of drug-likeness (QED) is 0.745. The standard InChI is InChI=1S/C19H23NO2S/c1-2-3-4-12-8-14-18(23-12)10-20-15-6-5-11-7-16(21)17(22)9-13(11)19(14)15/h7-9,15,19-22H,2-6,10H2,1H3/t15-,19-/m1/s1. The zero-order valence-corrected chi connectivity index (χ0v) is 14.2. The normalized spacial score (nSPS) is 22.3. The summed E-state index contributed by atoms with van der Waals surface area (Å²) < 4.78 is 0. The molecule has 0 saturated heterocycles. The molecule has 1 aliphatic carbocycles. The highest BCUT2D eigenvalue weighted by Crippen LogP contribution is 2.46. The number of aromatic hydroxyl groups is 2. The SMILES string of the molecule is CCCCc1cc2c(s1)CN[C@@H]1CCc3cc(O)c(O)cc3[C@H]21. The Morgan fingerprint density at radius 2 is 2.00 bits per heavy atom. The van der Waals surface area contributed by atoms with Gasteiger partial charge in [-0.05, 0) is 60.6 Å². The van der Waals surface area contributed by atoms with Crippen LogP contribution in [-0.4, -0.2) is 16.3 Å². The molecule has 122 valence electrons. The summed E-state index contributed by atoms with van der Waals surface area (Å²) in [5.41, 5.74) is 3.80. The van der Waals surface area contributed by atoms with Gasteiger partial charge in [0.05, 0.1) is 0 Å². The van der Waals surface area contributed by atoms with Crippen molar-refractivity contribution in [3.8, 4) is 11.5 Å². The lowest BCUT2D eigenvalue weighted by molar-refractivity contribution is 0.382. The van der Waals surface area contributed by atoms with Crippen molar-refractivity contribution < 1.29 is 10.2 Å². The first kappa shape index (κ1) is 15.0. The molecule has 4 heteroatoms. The zero-order chi connectivity index (χ0) is 16.0. The Morgan fingerprint density at radius 1 is 1.17 bits per heavy atom. The first-order chi connectivity index (χ1) is 11.2. The third kappa shape index (κ3) is 2.54. The molecule has 0 saturated carbocycles. The molecule has 4 rings (SSSR count). The summed E-state index contributed by atoms with van der Waals surface area (Å²) in [6, 6.07) is 6.36. The summed E-state index contributed by atoms with van der Waals surface area (Å²) in [5, 5.41) is 23.5. The van der Waals surface area contributed by atoms with Gasteiger partial charge >= 0.3 is 0 Å². The summed E-state index contributed by atoms with van der Waals surface area (Å²) in [4.78, 5) is 2.92. The van der Waals surface area contributed by atoms with Crippen molar-refractivity contribution in [2.24, 2.45) is 0 Å². The van der Waals surface area contributed by atoms with Crippen LogP contribution in [0.1, 0.15) is 58.5 Å². The monoisotopic (exact) mass is 329 g/mol. The van der Waals surface area contributed by atoms with Crippen molar-refractivity contribution in [1.29, 1.82) is 0 Å². The van der Waals surface area contributed by atoms with Crippen molar-refractivity contribution in [2.45, 2.75) is 57.5 Å². The first-order valence-corrected chi connectivity index (χ1v) is 9.38. The number of fused-ring (bicyclic) bond motifs is 5. The Kier molecular flexibility index (Phi) is 3.82. The maximum Gasteiger partial charge on any atom is 0.157 e. The summed E-state index contributed by atoms with van der Waals surface area (Å²) in [5.74, 6) is 0.304. The van der Waals surface area contributed by atoms with Gasteiger partial charge < -0.3 is 15.5 Å². The van der Waals surface area contributed by atoms with Crippen LogP contribution in [0, 0.1) is 0 Å². The molecule has 1 aromatic heterocycles. The highest BCUT2D eigenvalue weighted by Gasteiger charge is 2.36. The molecule has 2 aliphatic rings. The van der Waals surface area contributed by atoms with Gasteiger partial charge in [-0.2, -0.15) is 0 Å². The molecule has 2 atom stereocenters. The number of rotatable bonds is 3. The van der Waals surface area contributed by atoms with Gasteiger partial charge in [-0.1, -0.05) is 13.3 Å². The number of benzene rings is 1. The smallest absolute Gasteiger partial charge is 0.157 e. The second kappa shape index (κ2) is 5.84. The second-order valence-electron chi connectivity index (χ2n) is 6.74. The Morgan fingerprint density at radius 3 is 2.83 bits per heavy atom. The molecule has 0 bridgehead atoms. The fraction of sp³-hybridized carbons (Fsp3) is 0.474. The summed E-state index contributed by atoms with van der Waals surface area (Å²) >= 11 is 1.94. The summed E-state index contributed by atoms with van der Waals surface area (Å²) in [6.07, 6.45) is 5.68. The van der Waals surface area contributed by atoms with Gasteiger partial charge in [0.25, 0.3) is 0 Å². The van der Waals surface area contributed by atoms with E-state index in [0.29, 0.717) is 12.0 Å².